The van der Waals surface area contributed by atoms with Crippen molar-refractivity contribution in [2.75, 3.05) is 0 Å². The predicted octanol–water partition coefficient (Wildman–Crippen LogP) is 4.88. The number of halogens is 3. The lowest BCUT2D eigenvalue weighted by Gasteiger charge is -2.02. The van der Waals surface area contributed by atoms with Gasteiger partial charge in [-0.1, -0.05) is 17.7 Å². The summed E-state index contributed by atoms with van der Waals surface area (Å²) >= 11 is 5.78. The molecule has 0 bridgehead atoms. The Bertz CT molecular complexity index is 814. The number of benzene rings is 2. The second-order valence-corrected chi connectivity index (χ2v) is 5.71. The molecule has 3 nitrogen and oxygen atoms in total. The predicted molar refractivity (Wildman–Crippen MR) is 92.1 cm³/mol. The van der Waals surface area contributed by atoms with Gasteiger partial charge in [0.2, 0.25) is 5.78 Å². The van der Waals surface area contributed by atoms with E-state index in [4.69, 9.17) is 11.6 Å². The third-order valence-electron chi connectivity index (χ3n) is 3.27. The molecule has 2 aromatic carbocycles. The third kappa shape index (κ3) is 4.80. The van der Waals surface area contributed by atoms with Crippen LogP contribution in [0.1, 0.15) is 29.8 Å². The summed E-state index contributed by atoms with van der Waals surface area (Å²) in [5.74, 6) is -1.54. The molecular weight excluding hydrogens is 334 g/mol. The maximum atomic E-state index is 13.6. The lowest BCUT2D eigenvalue weighted by molar-refractivity contribution is 0.106. The molecule has 0 atom stereocenters. The first-order valence-electron chi connectivity index (χ1n) is 7.18. The Kier molecular flexibility index (Phi) is 5.93. The van der Waals surface area contributed by atoms with Crippen molar-refractivity contribution in [3.8, 4) is 0 Å². The van der Waals surface area contributed by atoms with Crippen molar-refractivity contribution in [1.29, 1.82) is 0 Å². The minimum Gasteiger partial charge on any atom is -0.287 e. The molecule has 0 amide bonds. The Morgan fingerprint density at radius 1 is 1.04 bits per heavy atom. The van der Waals surface area contributed by atoms with Gasteiger partial charge in [-0.15, -0.1) is 0 Å². The molecule has 0 N–H and O–H groups in total. The first-order chi connectivity index (χ1) is 11.4. The second kappa shape index (κ2) is 7.93. The maximum absolute atomic E-state index is 13.6. The number of ketones is 1. The van der Waals surface area contributed by atoms with Crippen LogP contribution in [0.3, 0.4) is 0 Å². The highest BCUT2D eigenvalue weighted by atomic mass is 35.5. The highest BCUT2D eigenvalue weighted by molar-refractivity contribution is 6.45. The van der Waals surface area contributed by atoms with E-state index in [0.29, 0.717) is 21.9 Å². The molecule has 0 saturated carbocycles. The molecule has 0 radical (unpaired) electrons. The van der Waals surface area contributed by atoms with E-state index in [1.54, 1.807) is 38.1 Å². The van der Waals surface area contributed by atoms with Gasteiger partial charge in [-0.05, 0) is 49.7 Å². The Balaban J connectivity index is 2.10. The highest BCUT2D eigenvalue weighted by Gasteiger charge is 2.10. The Hall–Kier alpha value is -2.40. The molecule has 0 aliphatic carbocycles. The Morgan fingerprint density at radius 3 is 2.33 bits per heavy atom. The molecular formula is C18H15ClF2N2O. The van der Waals surface area contributed by atoms with E-state index in [9.17, 15) is 13.6 Å². The van der Waals surface area contributed by atoms with Gasteiger partial charge in [0.05, 0.1) is 0 Å². The third-order valence-corrected chi connectivity index (χ3v) is 3.52. The first kappa shape index (κ1) is 17.9. The summed E-state index contributed by atoms with van der Waals surface area (Å²) in [6.07, 6.45) is 0.179. The van der Waals surface area contributed by atoms with Crippen LogP contribution in [0.2, 0.25) is 5.02 Å². The van der Waals surface area contributed by atoms with Gasteiger partial charge in [0.1, 0.15) is 17.3 Å². The molecule has 2 aromatic rings. The number of Topliss-reactive ketones (excluding diaryl/α,β-unsaturated/α-hetero) is 1. The summed E-state index contributed by atoms with van der Waals surface area (Å²) in [5.41, 5.74) is 1.48. The van der Waals surface area contributed by atoms with E-state index in [1.807, 2.05) is 0 Å². The van der Waals surface area contributed by atoms with Gasteiger partial charge in [-0.2, -0.15) is 10.2 Å². The van der Waals surface area contributed by atoms with Crippen LogP contribution in [0.25, 0.3) is 0 Å². The van der Waals surface area contributed by atoms with E-state index >= 15 is 0 Å². The number of carbonyl (C=O) groups excluding carboxylic acids is 1. The first-order valence-corrected chi connectivity index (χ1v) is 7.56. The van der Waals surface area contributed by atoms with Gasteiger partial charge in [-0.25, -0.2) is 8.78 Å². The number of carbonyl (C=O) groups is 1. The van der Waals surface area contributed by atoms with Crippen LogP contribution < -0.4 is 0 Å². The van der Waals surface area contributed by atoms with Crippen molar-refractivity contribution < 1.29 is 13.6 Å². The fraction of sp³-hybridized carbons (Fsp3) is 0.167. The molecule has 2 rings (SSSR count). The lowest BCUT2D eigenvalue weighted by Crippen LogP contribution is -2.10. The zero-order valence-corrected chi connectivity index (χ0v) is 13.9. The molecule has 0 aliphatic rings. The van der Waals surface area contributed by atoms with Crippen LogP contribution in [0.15, 0.2) is 52.7 Å². The van der Waals surface area contributed by atoms with Gasteiger partial charge >= 0.3 is 0 Å². The lowest BCUT2D eigenvalue weighted by atomic mass is 10.1. The fourth-order valence-electron chi connectivity index (χ4n) is 1.99. The van der Waals surface area contributed by atoms with Crippen LogP contribution in [0.4, 0.5) is 8.78 Å². The van der Waals surface area contributed by atoms with Crippen molar-refractivity contribution in [2.45, 2.75) is 20.3 Å². The highest BCUT2D eigenvalue weighted by Crippen LogP contribution is 2.12. The van der Waals surface area contributed by atoms with Gasteiger partial charge < -0.3 is 0 Å². The monoisotopic (exact) mass is 348 g/mol. The smallest absolute Gasteiger partial charge is 0.208 e. The Morgan fingerprint density at radius 2 is 1.71 bits per heavy atom. The van der Waals surface area contributed by atoms with Crippen LogP contribution in [0.5, 0.6) is 0 Å². The number of hydrogen-bond acceptors (Lipinski definition) is 3. The van der Waals surface area contributed by atoms with Crippen molar-refractivity contribution in [3.05, 3.63) is 70.2 Å². The van der Waals surface area contributed by atoms with E-state index in [-0.39, 0.29) is 17.9 Å². The maximum Gasteiger partial charge on any atom is 0.208 e. The van der Waals surface area contributed by atoms with E-state index in [2.05, 4.69) is 10.2 Å². The quantitative estimate of drug-likeness (QED) is 0.431. The summed E-state index contributed by atoms with van der Waals surface area (Å²) in [6.45, 7) is 3.21. The van der Waals surface area contributed by atoms with Crippen molar-refractivity contribution in [3.63, 3.8) is 0 Å². The minimum absolute atomic E-state index is 0.179. The van der Waals surface area contributed by atoms with Crippen molar-refractivity contribution >= 4 is 28.8 Å². The summed E-state index contributed by atoms with van der Waals surface area (Å²) in [5, 5.41) is 8.37. The number of rotatable bonds is 5. The van der Waals surface area contributed by atoms with Crippen molar-refractivity contribution in [2.24, 2.45) is 10.2 Å². The Labute approximate surface area is 143 Å². The van der Waals surface area contributed by atoms with Crippen LogP contribution in [0, 0.1) is 11.6 Å². The molecule has 0 saturated heterocycles. The van der Waals surface area contributed by atoms with Gasteiger partial charge in [0.25, 0.3) is 0 Å². The molecule has 0 spiro atoms. The van der Waals surface area contributed by atoms with E-state index in [0.717, 1.165) is 6.07 Å². The molecule has 0 fully saturated rings. The molecule has 24 heavy (non-hydrogen) atoms. The largest absolute Gasteiger partial charge is 0.287 e. The minimum atomic E-state index is -0.637. The zero-order valence-electron chi connectivity index (χ0n) is 13.2. The normalized spacial score (nSPS) is 12.4. The molecule has 0 heterocycles. The van der Waals surface area contributed by atoms with Crippen LogP contribution >= 0.6 is 11.6 Å². The van der Waals surface area contributed by atoms with E-state index in [1.165, 1.54) is 12.1 Å². The molecule has 6 heteroatoms. The molecule has 0 unspecified atom stereocenters. The van der Waals surface area contributed by atoms with E-state index < -0.39 is 11.6 Å². The summed E-state index contributed by atoms with van der Waals surface area (Å²) in [4.78, 5) is 12.2. The average Bonchev–Trinajstić information content (AvgIpc) is 2.55. The molecule has 124 valence electrons. The van der Waals surface area contributed by atoms with Crippen molar-refractivity contribution in [1.82, 2.24) is 0 Å². The van der Waals surface area contributed by atoms with Gasteiger partial charge in [0, 0.05) is 28.8 Å². The summed E-state index contributed by atoms with van der Waals surface area (Å²) in [7, 11) is 0. The molecule has 0 aliphatic heterocycles. The standard InChI is InChI=1S/C18H15ClF2N2O/c1-11(9-14-5-8-16(20)10-17(14)21)22-23-12(2)18(24)13-3-6-15(19)7-4-13/h3-8,10H,9H2,1-2H3. The van der Waals surface area contributed by atoms with Gasteiger partial charge in [-0.3, -0.25) is 4.79 Å². The zero-order chi connectivity index (χ0) is 17.7. The second-order valence-electron chi connectivity index (χ2n) is 5.27. The van der Waals surface area contributed by atoms with Crippen LogP contribution in [-0.4, -0.2) is 17.2 Å². The molecule has 0 aromatic heterocycles. The SMILES string of the molecule is CC(Cc1ccc(F)cc1F)=NN=C(C)C(=O)c1ccc(Cl)cc1. The number of hydrogen-bond donors (Lipinski definition) is 0. The topological polar surface area (TPSA) is 41.8 Å². The van der Waals surface area contributed by atoms with Gasteiger partial charge in [0.15, 0.2) is 0 Å². The van der Waals surface area contributed by atoms with Crippen LogP contribution in [-0.2, 0) is 6.42 Å². The average molecular weight is 349 g/mol. The number of nitrogens with zero attached hydrogens (tertiary/aromatic N) is 2. The summed E-state index contributed by atoms with van der Waals surface area (Å²) in [6, 6.07) is 9.81. The fourth-order valence-corrected chi connectivity index (χ4v) is 2.12. The summed E-state index contributed by atoms with van der Waals surface area (Å²) < 4.78 is 26.5.